The number of hydrogen-bond donors (Lipinski definition) is 1. The highest BCUT2D eigenvalue weighted by Gasteiger charge is 2.35. The summed E-state index contributed by atoms with van der Waals surface area (Å²) in [7, 11) is 1.60. The third-order valence-electron chi connectivity index (χ3n) is 3.53. The average Bonchev–Trinajstić information content (AvgIpc) is 3.13. The van der Waals surface area contributed by atoms with E-state index in [-0.39, 0.29) is 11.9 Å². The van der Waals surface area contributed by atoms with E-state index in [0.29, 0.717) is 11.5 Å². The van der Waals surface area contributed by atoms with Gasteiger partial charge in [-0.1, -0.05) is 23.4 Å². The van der Waals surface area contributed by atoms with Gasteiger partial charge in [0, 0.05) is 18.0 Å². The Morgan fingerprint density at radius 1 is 1.23 bits per heavy atom. The molecule has 0 fully saturated rings. The summed E-state index contributed by atoms with van der Waals surface area (Å²) in [6.45, 7) is 1.93. The summed E-state index contributed by atoms with van der Waals surface area (Å²) in [6, 6.07) is 7.45. The minimum Gasteiger partial charge on any atom is -0.496 e. The van der Waals surface area contributed by atoms with Gasteiger partial charge in [-0.2, -0.15) is 13.8 Å². The number of rotatable bonds is 6. The Kier molecular flexibility index (Phi) is 4.99. The van der Waals surface area contributed by atoms with E-state index in [4.69, 9.17) is 16.3 Å². The molecule has 26 heavy (non-hydrogen) atoms. The molecule has 0 bridgehead atoms. The summed E-state index contributed by atoms with van der Waals surface area (Å²) in [5, 5.41) is 2.86. The van der Waals surface area contributed by atoms with Crippen molar-refractivity contribution in [1.82, 2.24) is 20.1 Å². The number of aromatic nitrogens is 4. The van der Waals surface area contributed by atoms with Crippen LogP contribution >= 0.6 is 11.6 Å². The fraction of sp³-hybridized carbons (Fsp3) is 0.250. The summed E-state index contributed by atoms with van der Waals surface area (Å²) in [6.07, 6.45) is 2.79. The molecule has 3 rings (SSSR count). The summed E-state index contributed by atoms with van der Waals surface area (Å²) in [5.41, 5.74) is 1.26. The summed E-state index contributed by atoms with van der Waals surface area (Å²) in [5.74, 6) is 0.0230. The van der Waals surface area contributed by atoms with Crippen molar-refractivity contribution in [3.63, 3.8) is 0 Å². The normalized spacial score (nSPS) is 12.7. The molecule has 0 aliphatic rings. The molecule has 2 aromatic heterocycles. The van der Waals surface area contributed by atoms with Gasteiger partial charge in [-0.3, -0.25) is 0 Å². The van der Waals surface area contributed by atoms with E-state index < -0.39 is 11.3 Å². The lowest BCUT2D eigenvalue weighted by Gasteiger charge is -2.17. The second-order valence-electron chi connectivity index (χ2n) is 5.32. The van der Waals surface area contributed by atoms with Crippen molar-refractivity contribution in [3.05, 3.63) is 48.1 Å². The molecule has 10 heteroatoms. The molecule has 136 valence electrons. The molecule has 7 nitrogen and oxygen atoms in total. The predicted octanol–water partition coefficient (Wildman–Crippen LogP) is 4.00. The number of methoxy groups -OCH3 is 1. The SMILES string of the molecule is COc1ccccc1C(C)Nc1ncc(-c2noc(C(F)(F)Cl)n2)cn1. The molecule has 0 radical (unpaired) electrons. The molecule has 0 amide bonds. The Hall–Kier alpha value is -2.81. The second kappa shape index (κ2) is 7.20. The number of ether oxygens (including phenoxy) is 1. The number of hydrogen-bond acceptors (Lipinski definition) is 7. The maximum Gasteiger partial charge on any atom is 0.400 e. The molecule has 2 heterocycles. The van der Waals surface area contributed by atoms with E-state index >= 15 is 0 Å². The summed E-state index contributed by atoms with van der Waals surface area (Å²) >= 11 is 4.84. The molecule has 1 atom stereocenters. The van der Waals surface area contributed by atoms with Gasteiger partial charge in [-0.05, 0) is 24.6 Å². The summed E-state index contributed by atoms with van der Waals surface area (Å²) < 4.78 is 35.6. The van der Waals surface area contributed by atoms with E-state index in [2.05, 4.69) is 29.9 Å². The third-order valence-corrected chi connectivity index (χ3v) is 3.69. The molecule has 3 aromatic rings. The van der Waals surface area contributed by atoms with Gasteiger partial charge in [0.2, 0.25) is 11.8 Å². The van der Waals surface area contributed by atoms with E-state index in [1.54, 1.807) is 7.11 Å². The number of benzene rings is 1. The van der Waals surface area contributed by atoms with Gasteiger partial charge in [-0.15, -0.1) is 0 Å². The first kappa shape index (κ1) is 18.0. The van der Waals surface area contributed by atoms with Crippen molar-refractivity contribution in [2.75, 3.05) is 12.4 Å². The van der Waals surface area contributed by atoms with Gasteiger partial charge in [0.25, 0.3) is 0 Å². The standard InChI is InChI=1S/C16H14ClF2N5O2/c1-9(11-5-3-4-6-12(11)25-2)22-15-20-7-10(8-21-15)13-23-14(26-24-13)16(17,18)19/h3-9H,1-2H3,(H,20,21,22). The fourth-order valence-electron chi connectivity index (χ4n) is 2.27. The van der Waals surface area contributed by atoms with Gasteiger partial charge in [0.05, 0.1) is 18.7 Å². The first-order chi connectivity index (χ1) is 12.4. The average molecular weight is 382 g/mol. The maximum atomic E-state index is 12.9. The Balaban J connectivity index is 1.74. The van der Waals surface area contributed by atoms with Crippen LogP contribution in [0.25, 0.3) is 11.4 Å². The van der Waals surface area contributed by atoms with Crippen LogP contribution in [0.1, 0.15) is 24.4 Å². The number of halogens is 3. The number of nitrogens with zero attached hydrogens (tertiary/aromatic N) is 4. The van der Waals surface area contributed by atoms with Gasteiger partial charge < -0.3 is 14.6 Å². The summed E-state index contributed by atoms with van der Waals surface area (Å²) in [4.78, 5) is 11.8. The predicted molar refractivity (Wildman–Crippen MR) is 90.1 cm³/mol. The number of anilines is 1. The molecule has 0 saturated carbocycles. The highest BCUT2D eigenvalue weighted by molar-refractivity contribution is 6.21. The van der Waals surface area contributed by atoms with Crippen LogP contribution in [-0.4, -0.2) is 27.2 Å². The van der Waals surface area contributed by atoms with E-state index in [9.17, 15) is 8.78 Å². The molecule has 0 aliphatic heterocycles. The Morgan fingerprint density at radius 2 is 1.92 bits per heavy atom. The lowest BCUT2D eigenvalue weighted by Crippen LogP contribution is -2.10. The quantitative estimate of drug-likeness (QED) is 0.646. The smallest absolute Gasteiger partial charge is 0.400 e. The van der Waals surface area contributed by atoms with Crippen LogP contribution in [0.5, 0.6) is 5.75 Å². The van der Waals surface area contributed by atoms with Crippen LogP contribution < -0.4 is 10.1 Å². The molecular weight excluding hydrogens is 368 g/mol. The maximum absolute atomic E-state index is 12.9. The van der Waals surface area contributed by atoms with Gasteiger partial charge in [0.1, 0.15) is 5.75 Å². The highest BCUT2D eigenvalue weighted by atomic mass is 35.5. The number of para-hydroxylation sites is 1. The minimum absolute atomic E-state index is 0.0790. The van der Waals surface area contributed by atoms with Crippen molar-refractivity contribution in [2.45, 2.75) is 18.3 Å². The zero-order valence-electron chi connectivity index (χ0n) is 13.8. The Bertz CT molecular complexity index is 883. The number of alkyl halides is 3. The van der Waals surface area contributed by atoms with Crippen molar-refractivity contribution in [1.29, 1.82) is 0 Å². The van der Waals surface area contributed by atoms with Crippen LogP contribution in [0, 0.1) is 0 Å². The number of nitrogens with one attached hydrogen (secondary N) is 1. The van der Waals surface area contributed by atoms with Gasteiger partial charge >= 0.3 is 11.3 Å². The fourth-order valence-corrected chi connectivity index (χ4v) is 2.35. The zero-order chi connectivity index (χ0) is 18.7. The molecular formula is C16H14ClF2N5O2. The lowest BCUT2D eigenvalue weighted by molar-refractivity contribution is 0.0551. The van der Waals surface area contributed by atoms with Crippen molar-refractivity contribution >= 4 is 17.5 Å². The minimum atomic E-state index is -3.72. The molecule has 0 saturated heterocycles. The van der Waals surface area contributed by atoms with Crippen LogP contribution in [-0.2, 0) is 5.38 Å². The van der Waals surface area contributed by atoms with Crippen LogP contribution in [0.4, 0.5) is 14.7 Å². The monoisotopic (exact) mass is 381 g/mol. The second-order valence-corrected chi connectivity index (χ2v) is 5.80. The Labute approximate surface area is 152 Å². The highest BCUT2D eigenvalue weighted by Crippen LogP contribution is 2.32. The molecule has 1 unspecified atom stereocenters. The Morgan fingerprint density at radius 3 is 2.54 bits per heavy atom. The molecule has 1 N–H and O–H groups in total. The molecule has 0 spiro atoms. The van der Waals surface area contributed by atoms with Gasteiger partial charge in [0.15, 0.2) is 0 Å². The van der Waals surface area contributed by atoms with E-state index in [0.717, 1.165) is 11.3 Å². The van der Waals surface area contributed by atoms with Crippen LogP contribution in [0.3, 0.4) is 0 Å². The van der Waals surface area contributed by atoms with E-state index in [1.807, 2.05) is 31.2 Å². The largest absolute Gasteiger partial charge is 0.496 e. The first-order valence-electron chi connectivity index (χ1n) is 7.51. The van der Waals surface area contributed by atoms with Crippen molar-refractivity contribution in [3.8, 4) is 17.1 Å². The lowest BCUT2D eigenvalue weighted by atomic mass is 10.1. The zero-order valence-corrected chi connectivity index (χ0v) is 14.5. The molecule has 0 aliphatic carbocycles. The van der Waals surface area contributed by atoms with Crippen LogP contribution in [0.2, 0.25) is 0 Å². The first-order valence-corrected chi connectivity index (χ1v) is 7.89. The third kappa shape index (κ3) is 3.88. The topological polar surface area (TPSA) is 86.0 Å². The van der Waals surface area contributed by atoms with Crippen LogP contribution in [0.15, 0.2) is 41.2 Å². The molecule has 1 aromatic carbocycles. The van der Waals surface area contributed by atoms with Gasteiger partial charge in [-0.25, -0.2) is 9.97 Å². The van der Waals surface area contributed by atoms with E-state index in [1.165, 1.54) is 12.4 Å². The van der Waals surface area contributed by atoms with Crippen molar-refractivity contribution < 1.29 is 18.0 Å². The van der Waals surface area contributed by atoms with Crippen molar-refractivity contribution in [2.24, 2.45) is 0 Å².